The zero-order valence-corrected chi connectivity index (χ0v) is 14.7. The highest BCUT2D eigenvalue weighted by molar-refractivity contribution is 6.74. The van der Waals surface area contributed by atoms with Gasteiger partial charge >= 0.3 is 0 Å². The summed E-state index contributed by atoms with van der Waals surface area (Å²) in [6, 6.07) is 0. The molecular weight excluding hydrogens is 236 g/mol. The van der Waals surface area contributed by atoms with Gasteiger partial charge in [0.1, 0.15) is 0 Å². The van der Waals surface area contributed by atoms with Crippen LogP contribution in [0.2, 0.25) is 18.1 Å². The average Bonchev–Trinajstić information content (AvgIpc) is 2.21. The summed E-state index contributed by atoms with van der Waals surface area (Å²) < 4.78 is 6.33. The maximum atomic E-state index is 6.33. The Balaban J connectivity index is 4.13. The molecule has 0 heterocycles. The fourth-order valence-electron chi connectivity index (χ4n) is 1.56. The maximum Gasteiger partial charge on any atom is 0.192 e. The van der Waals surface area contributed by atoms with Gasteiger partial charge in [0.25, 0.3) is 0 Å². The molecule has 0 amide bonds. The fraction of sp³-hybridized carbons (Fsp3) is 0.875. The van der Waals surface area contributed by atoms with Crippen molar-refractivity contribution in [3.63, 3.8) is 0 Å². The van der Waals surface area contributed by atoms with Gasteiger partial charge in [0.05, 0.1) is 0 Å². The van der Waals surface area contributed by atoms with Crippen molar-refractivity contribution in [2.45, 2.75) is 78.4 Å². The largest absolute Gasteiger partial charge is 0.416 e. The first-order chi connectivity index (χ1) is 8.02. The Kier molecular flexibility index (Phi) is 6.87. The molecule has 0 aromatic rings. The lowest BCUT2D eigenvalue weighted by atomic mass is 9.88. The summed E-state index contributed by atoms with van der Waals surface area (Å²) in [7, 11) is -1.59. The molecule has 0 spiro atoms. The van der Waals surface area contributed by atoms with Gasteiger partial charge < -0.3 is 4.43 Å². The van der Waals surface area contributed by atoms with Gasteiger partial charge in [0.15, 0.2) is 8.32 Å². The normalized spacial score (nSPS) is 13.7. The first-order valence-electron chi connectivity index (χ1n) is 7.27. The van der Waals surface area contributed by atoms with Gasteiger partial charge in [-0.3, -0.25) is 0 Å². The van der Waals surface area contributed by atoms with E-state index in [2.05, 4.69) is 54.3 Å². The van der Waals surface area contributed by atoms with Crippen molar-refractivity contribution in [3.05, 3.63) is 12.7 Å². The van der Waals surface area contributed by atoms with Gasteiger partial charge in [-0.15, -0.1) is 6.58 Å². The van der Waals surface area contributed by atoms with Crippen LogP contribution in [0.4, 0.5) is 0 Å². The van der Waals surface area contributed by atoms with Crippen molar-refractivity contribution in [2.75, 3.05) is 6.61 Å². The van der Waals surface area contributed by atoms with Crippen molar-refractivity contribution in [2.24, 2.45) is 5.41 Å². The summed E-state index contributed by atoms with van der Waals surface area (Å²) in [6.07, 6.45) is 6.93. The minimum atomic E-state index is -1.59. The van der Waals surface area contributed by atoms with Crippen molar-refractivity contribution in [1.29, 1.82) is 0 Å². The standard InChI is InChI=1S/C16H34OSi/c1-9-10-11-12-13-16(5,6)14-17-18(7,8)15(2,3)4/h9H,1,10-14H2,2-8H3. The van der Waals surface area contributed by atoms with E-state index in [1.165, 1.54) is 19.3 Å². The van der Waals surface area contributed by atoms with Crippen LogP contribution in [-0.2, 0) is 4.43 Å². The Hall–Kier alpha value is -0.0831. The lowest BCUT2D eigenvalue weighted by Gasteiger charge is -2.39. The van der Waals surface area contributed by atoms with Crippen LogP contribution in [0.5, 0.6) is 0 Å². The molecule has 0 radical (unpaired) electrons. The third kappa shape index (κ3) is 6.74. The Bertz CT molecular complexity index is 248. The van der Waals surface area contributed by atoms with Crippen LogP contribution in [0, 0.1) is 5.41 Å². The molecule has 0 aliphatic heterocycles. The molecule has 0 fully saturated rings. The summed E-state index contributed by atoms with van der Waals surface area (Å²) in [5.41, 5.74) is 0.302. The molecule has 0 atom stereocenters. The minimum Gasteiger partial charge on any atom is -0.416 e. The van der Waals surface area contributed by atoms with E-state index >= 15 is 0 Å². The van der Waals surface area contributed by atoms with E-state index in [0.717, 1.165) is 13.0 Å². The summed E-state index contributed by atoms with van der Waals surface area (Å²) in [5.74, 6) is 0. The number of hydrogen-bond donors (Lipinski definition) is 0. The third-order valence-corrected chi connectivity index (χ3v) is 8.62. The molecule has 0 bridgehead atoms. The molecule has 0 aromatic heterocycles. The van der Waals surface area contributed by atoms with Gasteiger partial charge in [-0.25, -0.2) is 0 Å². The molecule has 108 valence electrons. The van der Waals surface area contributed by atoms with E-state index in [-0.39, 0.29) is 0 Å². The van der Waals surface area contributed by atoms with Crippen molar-refractivity contribution in [3.8, 4) is 0 Å². The van der Waals surface area contributed by atoms with Gasteiger partial charge in [-0.05, 0) is 42.8 Å². The van der Waals surface area contributed by atoms with E-state index in [1.54, 1.807) is 0 Å². The molecule has 0 saturated heterocycles. The SMILES string of the molecule is C=CCCCCC(C)(C)CO[Si](C)(C)C(C)(C)C. The molecule has 0 unspecified atom stereocenters. The third-order valence-electron chi connectivity index (χ3n) is 4.14. The highest BCUT2D eigenvalue weighted by Gasteiger charge is 2.38. The number of unbranched alkanes of at least 4 members (excludes halogenated alkanes) is 2. The second-order valence-corrected chi connectivity index (χ2v) is 12.6. The average molecular weight is 271 g/mol. The Morgan fingerprint density at radius 3 is 2.06 bits per heavy atom. The van der Waals surface area contributed by atoms with Crippen LogP contribution in [0.15, 0.2) is 12.7 Å². The molecule has 1 nitrogen and oxygen atoms in total. The molecule has 0 saturated carbocycles. The Labute approximate surface area is 116 Å². The lowest BCUT2D eigenvalue weighted by molar-refractivity contribution is 0.152. The van der Waals surface area contributed by atoms with E-state index in [4.69, 9.17) is 4.43 Å². The maximum absolute atomic E-state index is 6.33. The van der Waals surface area contributed by atoms with Crippen molar-refractivity contribution in [1.82, 2.24) is 0 Å². The van der Waals surface area contributed by atoms with Gasteiger partial charge in [0, 0.05) is 6.61 Å². The summed E-state index contributed by atoms with van der Waals surface area (Å²) in [6.45, 7) is 20.9. The molecule has 0 aromatic carbocycles. The van der Waals surface area contributed by atoms with Crippen molar-refractivity contribution >= 4 is 8.32 Å². The first kappa shape index (κ1) is 17.9. The topological polar surface area (TPSA) is 9.23 Å². The smallest absolute Gasteiger partial charge is 0.192 e. The zero-order chi connectivity index (χ0) is 14.4. The zero-order valence-electron chi connectivity index (χ0n) is 13.7. The van der Waals surface area contributed by atoms with Crippen LogP contribution in [0.1, 0.15) is 60.3 Å². The fourth-order valence-corrected chi connectivity index (χ4v) is 2.74. The van der Waals surface area contributed by atoms with Crippen LogP contribution in [0.25, 0.3) is 0 Å². The summed E-state index contributed by atoms with van der Waals surface area (Å²) in [5, 5.41) is 0.311. The number of hydrogen-bond acceptors (Lipinski definition) is 1. The predicted molar refractivity (Wildman–Crippen MR) is 85.6 cm³/mol. The predicted octanol–water partition coefficient (Wildman–Crippen LogP) is 5.78. The molecule has 0 rings (SSSR count). The second-order valence-electron chi connectivity index (χ2n) is 7.75. The van der Waals surface area contributed by atoms with Crippen LogP contribution in [-0.4, -0.2) is 14.9 Å². The highest BCUT2D eigenvalue weighted by Crippen LogP contribution is 2.38. The van der Waals surface area contributed by atoms with Gasteiger partial charge in [0.2, 0.25) is 0 Å². The molecule has 18 heavy (non-hydrogen) atoms. The second kappa shape index (κ2) is 6.90. The highest BCUT2D eigenvalue weighted by atomic mass is 28.4. The van der Waals surface area contributed by atoms with E-state index < -0.39 is 8.32 Å². The number of allylic oxidation sites excluding steroid dienone is 1. The number of rotatable bonds is 8. The van der Waals surface area contributed by atoms with Crippen LogP contribution in [0.3, 0.4) is 0 Å². The van der Waals surface area contributed by atoms with E-state index in [1.807, 2.05) is 6.08 Å². The van der Waals surface area contributed by atoms with Crippen LogP contribution >= 0.6 is 0 Å². The molecule has 0 aliphatic carbocycles. The summed E-state index contributed by atoms with van der Waals surface area (Å²) in [4.78, 5) is 0. The molecule has 0 N–H and O–H groups in total. The molecule has 2 heteroatoms. The van der Waals surface area contributed by atoms with Gasteiger partial charge in [-0.1, -0.05) is 47.1 Å². The van der Waals surface area contributed by atoms with E-state index in [0.29, 0.717) is 10.5 Å². The lowest BCUT2D eigenvalue weighted by Crippen LogP contribution is -2.43. The van der Waals surface area contributed by atoms with Crippen molar-refractivity contribution < 1.29 is 4.43 Å². The van der Waals surface area contributed by atoms with Crippen LogP contribution < -0.4 is 0 Å². The van der Waals surface area contributed by atoms with E-state index in [9.17, 15) is 0 Å². The Morgan fingerprint density at radius 2 is 1.61 bits per heavy atom. The molecule has 0 aliphatic rings. The minimum absolute atomic E-state index is 0.302. The Morgan fingerprint density at radius 1 is 1.06 bits per heavy atom. The quantitative estimate of drug-likeness (QED) is 0.308. The monoisotopic (exact) mass is 270 g/mol. The first-order valence-corrected chi connectivity index (χ1v) is 10.2. The summed E-state index contributed by atoms with van der Waals surface area (Å²) >= 11 is 0. The van der Waals surface area contributed by atoms with Gasteiger partial charge in [-0.2, -0.15) is 0 Å². The molecular formula is C16H34OSi.